The van der Waals surface area contributed by atoms with Crippen molar-refractivity contribution < 1.29 is 9.59 Å². The molecule has 0 bridgehead atoms. The predicted molar refractivity (Wildman–Crippen MR) is 92.2 cm³/mol. The van der Waals surface area contributed by atoms with Gasteiger partial charge < -0.3 is 10.6 Å². The third-order valence-electron chi connectivity index (χ3n) is 3.60. The third kappa shape index (κ3) is 4.95. The normalized spacial score (nSPS) is 10.2. The van der Waals surface area contributed by atoms with Gasteiger partial charge in [0.25, 0.3) is 0 Å². The number of amides is 2. The lowest BCUT2D eigenvalue weighted by atomic mass is 10.0. The largest absolute Gasteiger partial charge is 0.352 e. The van der Waals surface area contributed by atoms with Crippen LogP contribution in [0.2, 0.25) is 0 Å². The van der Waals surface area contributed by atoms with E-state index in [1.807, 2.05) is 63.2 Å². The third-order valence-corrected chi connectivity index (χ3v) is 3.60. The maximum absolute atomic E-state index is 12.1. The smallest absolute Gasteiger partial charge is 0.233 e. The highest BCUT2D eigenvalue weighted by Crippen LogP contribution is 2.21. The average Bonchev–Trinajstić information content (AvgIpc) is 2.50. The molecule has 0 atom stereocenters. The number of benzene rings is 2. The number of aryl methyl sites for hydroxylation is 3. The molecule has 4 nitrogen and oxygen atoms in total. The highest BCUT2D eigenvalue weighted by Gasteiger charge is 2.12. The van der Waals surface area contributed by atoms with E-state index in [4.69, 9.17) is 0 Å². The van der Waals surface area contributed by atoms with Crippen molar-refractivity contribution in [2.45, 2.75) is 33.7 Å². The Kier molecular flexibility index (Phi) is 5.52. The van der Waals surface area contributed by atoms with Gasteiger partial charge in [-0.3, -0.25) is 9.59 Å². The van der Waals surface area contributed by atoms with Crippen LogP contribution in [0.3, 0.4) is 0 Å². The summed E-state index contributed by atoms with van der Waals surface area (Å²) < 4.78 is 0. The molecule has 0 aliphatic heterocycles. The van der Waals surface area contributed by atoms with Crippen LogP contribution in [0.15, 0.2) is 42.5 Å². The molecule has 0 saturated heterocycles. The first kappa shape index (κ1) is 16.7. The van der Waals surface area contributed by atoms with E-state index < -0.39 is 0 Å². The second kappa shape index (κ2) is 7.58. The van der Waals surface area contributed by atoms with Crippen LogP contribution in [-0.2, 0) is 16.1 Å². The van der Waals surface area contributed by atoms with Crippen LogP contribution in [0.4, 0.5) is 5.69 Å². The van der Waals surface area contributed by atoms with Crippen LogP contribution in [-0.4, -0.2) is 11.8 Å². The number of carbonyl (C=O) groups excluding carboxylic acids is 2. The molecule has 23 heavy (non-hydrogen) atoms. The maximum atomic E-state index is 12.1. The molecular formula is C19H22N2O2. The summed E-state index contributed by atoms with van der Waals surface area (Å²) in [5.41, 5.74) is 4.95. The van der Waals surface area contributed by atoms with Gasteiger partial charge in [-0.15, -0.1) is 0 Å². The minimum atomic E-state index is -0.300. The number of rotatable bonds is 5. The molecule has 2 N–H and O–H groups in total. The fourth-order valence-corrected chi connectivity index (χ4v) is 2.57. The summed E-state index contributed by atoms with van der Waals surface area (Å²) in [6, 6.07) is 13.6. The fraction of sp³-hybridized carbons (Fsp3) is 0.263. The highest BCUT2D eigenvalue weighted by atomic mass is 16.2. The Balaban J connectivity index is 1.88. The van der Waals surface area contributed by atoms with Gasteiger partial charge in [-0.05, 0) is 37.5 Å². The first-order valence-electron chi connectivity index (χ1n) is 7.64. The summed E-state index contributed by atoms with van der Waals surface area (Å²) >= 11 is 0. The summed E-state index contributed by atoms with van der Waals surface area (Å²) in [5.74, 6) is -0.584. The fourth-order valence-electron chi connectivity index (χ4n) is 2.57. The van der Waals surface area contributed by atoms with E-state index in [1.165, 1.54) is 0 Å². The van der Waals surface area contributed by atoms with Crippen molar-refractivity contribution in [2.75, 3.05) is 5.32 Å². The lowest BCUT2D eigenvalue weighted by molar-refractivity contribution is -0.126. The Morgan fingerprint density at radius 3 is 2.13 bits per heavy atom. The SMILES string of the molecule is Cc1cc(C)c(NC(=O)CC(=O)NCc2ccccc2)c(C)c1. The molecule has 0 unspecified atom stereocenters. The van der Waals surface area contributed by atoms with E-state index in [9.17, 15) is 9.59 Å². The van der Waals surface area contributed by atoms with Crippen molar-refractivity contribution in [3.8, 4) is 0 Å². The van der Waals surface area contributed by atoms with Crippen molar-refractivity contribution in [2.24, 2.45) is 0 Å². The quantitative estimate of drug-likeness (QED) is 0.833. The summed E-state index contributed by atoms with van der Waals surface area (Å²) in [5, 5.41) is 5.59. The second-order valence-electron chi connectivity index (χ2n) is 5.76. The molecule has 2 amide bonds. The van der Waals surface area contributed by atoms with Crippen molar-refractivity contribution in [3.05, 3.63) is 64.7 Å². The Morgan fingerprint density at radius 2 is 1.52 bits per heavy atom. The van der Waals surface area contributed by atoms with E-state index in [0.717, 1.165) is 27.9 Å². The van der Waals surface area contributed by atoms with Gasteiger partial charge in [-0.1, -0.05) is 48.0 Å². The second-order valence-corrected chi connectivity index (χ2v) is 5.76. The number of hydrogen-bond donors (Lipinski definition) is 2. The van der Waals surface area contributed by atoms with Crippen molar-refractivity contribution in [1.29, 1.82) is 0 Å². The lowest BCUT2D eigenvalue weighted by Crippen LogP contribution is -2.28. The van der Waals surface area contributed by atoms with E-state index in [0.29, 0.717) is 6.54 Å². The van der Waals surface area contributed by atoms with E-state index in [2.05, 4.69) is 10.6 Å². The number of nitrogens with one attached hydrogen (secondary N) is 2. The van der Waals surface area contributed by atoms with Crippen LogP contribution in [0.5, 0.6) is 0 Å². The minimum Gasteiger partial charge on any atom is -0.352 e. The van der Waals surface area contributed by atoms with Crippen LogP contribution < -0.4 is 10.6 Å². The monoisotopic (exact) mass is 310 g/mol. The molecule has 0 saturated carbocycles. The van der Waals surface area contributed by atoms with Gasteiger partial charge in [0.15, 0.2) is 0 Å². The van der Waals surface area contributed by atoms with Gasteiger partial charge in [-0.25, -0.2) is 0 Å². The molecule has 2 rings (SSSR count). The Labute approximate surface area is 136 Å². The summed E-state index contributed by atoms with van der Waals surface area (Å²) in [7, 11) is 0. The Morgan fingerprint density at radius 1 is 0.913 bits per heavy atom. The standard InChI is InChI=1S/C19H22N2O2/c1-13-9-14(2)19(15(3)10-13)21-18(23)11-17(22)20-12-16-7-5-4-6-8-16/h4-10H,11-12H2,1-3H3,(H,20,22)(H,21,23). The van der Waals surface area contributed by atoms with E-state index >= 15 is 0 Å². The zero-order valence-electron chi connectivity index (χ0n) is 13.8. The van der Waals surface area contributed by atoms with Gasteiger partial charge in [-0.2, -0.15) is 0 Å². The molecule has 0 spiro atoms. The molecule has 0 aromatic heterocycles. The molecule has 0 aliphatic rings. The molecule has 2 aromatic rings. The first-order chi connectivity index (χ1) is 11.0. The summed E-state index contributed by atoms with van der Waals surface area (Å²) in [4.78, 5) is 23.9. The number of anilines is 1. The van der Waals surface area contributed by atoms with Crippen LogP contribution in [0.1, 0.15) is 28.7 Å². The summed E-state index contributed by atoms with van der Waals surface area (Å²) in [6.45, 7) is 6.34. The van der Waals surface area contributed by atoms with Crippen LogP contribution >= 0.6 is 0 Å². The van der Waals surface area contributed by atoms with Crippen molar-refractivity contribution in [1.82, 2.24) is 5.32 Å². The lowest BCUT2D eigenvalue weighted by Gasteiger charge is -2.13. The van der Waals surface area contributed by atoms with Crippen molar-refractivity contribution >= 4 is 17.5 Å². The molecule has 0 heterocycles. The molecule has 0 fully saturated rings. The van der Waals surface area contributed by atoms with Gasteiger partial charge >= 0.3 is 0 Å². The first-order valence-corrected chi connectivity index (χ1v) is 7.64. The number of carbonyl (C=O) groups is 2. The molecular weight excluding hydrogens is 288 g/mol. The molecule has 0 radical (unpaired) electrons. The van der Waals surface area contributed by atoms with Gasteiger partial charge in [0.1, 0.15) is 6.42 Å². The van der Waals surface area contributed by atoms with E-state index in [-0.39, 0.29) is 18.2 Å². The van der Waals surface area contributed by atoms with Crippen molar-refractivity contribution in [3.63, 3.8) is 0 Å². The number of hydrogen-bond acceptors (Lipinski definition) is 2. The predicted octanol–water partition coefficient (Wildman–Crippen LogP) is 3.26. The van der Waals surface area contributed by atoms with Gasteiger partial charge in [0.05, 0.1) is 0 Å². The zero-order valence-corrected chi connectivity index (χ0v) is 13.8. The minimum absolute atomic E-state index is 0.181. The zero-order chi connectivity index (χ0) is 16.8. The molecule has 4 heteroatoms. The van der Waals surface area contributed by atoms with E-state index in [1.54, 1.807) is 0 Å². The Hall–Kier alpha value is -2.62. The molecule has 120 valence electrons. The van der Waals surface area contributed by atoms with Crippen LogP contribution in [0, 0.1) is 20.8 Å². The van der Waals surface area contributed by atoms with Gasteiger partial charge in [0, 0.05) is 12.2 Å². The Bertz CT molecular complexity index is 686. The highest BCUT2D eigenvalue weighted by molar-refractivity contribution is 6.04. The molecule has 2 aromatic carbocycles. The summed E-state index contributed by atoms with van der Waals surface area (Å²) in [6.07, 6.45) is -0.181. The maximum Gasteiger partial charge on any atom is 0.233 e. The average molecular weight is 310 g/mol. The van der Waals surface area contributed by atoms with Gasteiger partial charge in [0.2, 0.25) is 11.8 Å². The topological polar surface area (TPSA) is 58.2 Å². The molecule has 0 aliphatic carbocycles. The van der Waals surface area contributed by atoms with Crippen LogP contribution in [0.25, 0.3) is 0 Å².